The minimum atomic E-state index is -0.978. The van der Waals surface area contributed by atoms with Crippen LogP contribution in [0, 0.1) is 17.7 Å². The topological polar surface area (TPSA) is 165 Å². The van der Waals surface area contributed by atoms with Gasteiger partial charge in [0.05, 0.1) is 29.0 Å². The first-order chi connectivity index (χ1) is 27.5. The number of aromatic amines is 1. The molecular formula is C41H48FN7O7S. The predicted molar refractivity (Wildman–Crippen MR) is 212 cm³/mol. The van der Waals surface area contributed by atoms with Gasteiger partial charge in [0.2, 0.25) is 17.7 Å². The number of thioether (sulfide) groups is 1. The number of nitrogens with one attached hydrogen (secondary N) is 2. The summed E-state index contributed by atoms with van der Waals surface area (Å²) in [5.41, 5.74) is 1.27. The molecule has 4 fully saturated rings. The highest BCUT2D eigenvalue weighted by molar-refractivity contribution is 7.99. The molecule has 0 spiro atoms. The maximum absolute atomic E-state index is 15.0. The molecule has 1 atom stereocenters. The van der Waals surface area contributed by atoms with Gasteiger partial charge in [-0.25, -0.2) is 9.37 Å². The van der Waals surface area contributed by atoms with E-state index in [1.165, 1.54) is 6.07 Å². The van der Waals surface area contributed by atoms with Crippen LogP contribution in [0.15, 0.2) is 35.1 Å². The Morgan fingerprint density at radius 3 is 2.32 bits per heavy atom. The number of rotatable bonds is 10. The number of carbonyl (C=O) groups is 5. The first-order valence-electron chi connectivity index (χ1n) is 20.1. The van der Waals surface area contributed by atoms with Crippen molar-refractivity contribution in [2.24, 2.45) is 11.8 Å². The number of likely N-dealkylation sites (tertiary alicyclic amines) is 2. The molecule has 5 aliphatic heterocycles. The Bertz CT molecular complexity index is 2140. The average Bonchev–Trinajstić information content (AvgIpc) is 3.44. The Morgan fingerprint density at radius 2 is 1.60 bits per heavy atom. The Hall–Kier alpha value is -4.83. The van der Waals surface area contributed by atoms with Crippen LogP contribution in [0.2, 0.25) is 0 Å². The highest BCUT2D eigenvalue weighted by atomic mass is 32.2. The highest BCUT2D eigenvalue weighted by Crippen LogP contribution is 2.33. The maximum Gasteiger partial charge on any atom is 0.262 e. The van der Waals surface area contributed by atoms with E-state index in [0.29, 0.717) is 53.8 Å². The minimum Gasteiger partial charge on any atom is -0.493 e. The van der Waals surface area contributed by atoms with Gasteiger partial charge < -0.3 is 24.4 Å². The number of hydrogen-bond acceptors (Lipinski definition) is 11. The number of anilines is 1. The second-order valence-electron chi connectivity index (χ2n) is 16.0. The van der Waals surface area contributed by atoms with Crippen LogP contribution < -0.4 is 20.5 Å². The van der Waals surface area contributed by atoms with Gasteiger partial charge >= 0.3 is 0 Å². The van der Waals surface area contributed by atoms with E-state index >= 15 is 4.39 Å². The fraction of sp³-hybridized carbons (Fsp3) is 0.537. The number of aromatic nitrogens is 2. The van der Waals surface area contributed by atoms with Gasteiger partial charge in [0.25, 0.3) is 17.4 Å². The first kappa shape index (κ1) is 39.0. The van der Waals surface area contributed by atoms with E-state index in [-0.39, 0.29) is 41.1 Å². The second kappa shape index (κ2) is 16.6. The monoisotopic (exact) mass is 801 g/mol. The number of benzene rings is 2. The van der Waals surface area contributed by atoms with E-state index in [1.807, 2.05) is 11.0 Å². The molecule has 5 aliphatic rings. The minimum absolute atomic E-state index is 0.0674. The smallest absolute Gasteiger partial charge is 0.262 e. The first-order valence-corrected chi connectivity index (χ1v) is 21.1. The molecule has 14 nitrogen and oxygen atoms in total. The van der Waals surface area contributed by atoms with Crippen molar-refractivity contribution in [3.63, 3.8) is 0 Å². The van der Waals surface area contributed by atoms with Gasteiger partial charge in [-0.05, 0) is 88.1 Å². The predicted octanol–water partition coefficient (Wildman–Crippen LogP) is 3.71. The second-order valence-corrected chi connectivity index (χ2v) is 17.3. The van der Waals surface area contributed by atoms with Crippen molar-refractivity contribution in [2.75, 3.05) is 57.3 Å². The molecule has 4 saturated heterocycles. The molecule has 57 heavy (non-hydrogen) atoms. The highest BCUT2D eigenvalue weighted by Gasteiger charge is 2.45. The molecule has 0 bridgehead atoms. The Morgan fingerprint density at radius 1 is 0.877 bits per heavy atom. The lowest BCUT2D eigenvalue weighted by molar-refractivity contribution is -0.136. The molecule has 6 heterocycles. The number of H-pyrrole nitrogens is 1. The number of nitrogens with zero attached hydrogens (tertiary/aromatic N) is 5. The van der Waals surface area contributed by atoms with Crippen molar-refractivity contribution >= 4 is 57.9 Å². The fourth-order valence-electron chi connectivity index (χ4n) is 8.88. The van der Waals surface area contributed by atoms with Gasteiger partial charge in [-0.3, -0.25) is 39.0 Å². The SMILES string of the molecule is CC(=O)N1CCC(COc2cc(F)c3c(=O)[nH]c(CSC4CCN(CC5CCN(c6ccc7c(c6)C(=O)N(C6CCC(=O)NC6=O)C7=O)CC5)CC4)nc3c2)CC1. The number of piperidine rings is 4. The number of imide groups is 2. The lowest BCUT2D eigenvalue weighted by Gasteiger charge is -2.38. The van der Waals surface area contributed by atoms with Crippen molar-refractivity contribution in [1.29, 1.82) is 0 Å². The van der Waals surface area contributed by atoms with Crippen LogP contribution in [0.25, 0.3) is 10.9 Å². The molecule has 0 saturated carbocycles. The van der Waals surface area contributed by atoms with Crippen LogP contribution in [-0.2, 0) is 20.1 Å². The van der Waals surface area contributed by atoms with Crippen LogP contribution in [0.4, 0.5) is 10.1 Å². The standard InChI is InChI=1S/C41H48FN7O7S/c1-24(50)47-14-8-26(9-15-47)22-56-28-19-32(42)37-33(20-28)43-35(44-39(37)53)23-57-29-10-12-46(13-11-29)21-25-6-16-48(17-7-25)27-2-3-30-31(18-27)41(55)49(40(30)54)34-4-5-36(51)45-38(34)52/h2-3,18-20,25-26,29,34H,4-17,21-23H2,1H3,(H,43,44,53)(H,45,51,52). The number of carbonyl (C=O) groups excluding carboxylic acids is 5. The summed E-state index contributed by atoms with van der Waals surface area (Å²) in [6, 6.07) is 7.23. The number of ether oxygens (including phenoxy) is 1. The van der Waals surface area contributed by atoms with Gasteiger partial charge in [0.1, 0.15) is 28.8 Å². The van der Waals surface area contributed by atoms with Crippen LogP contribution in [-0.4, -0.2) is 118 Å². The molecule has 1 aromatic heterocycles. The lowest BCUT2D eigenvalue weighted by Crippen LogP contribution is -2.54. The summed E-state index contributed by atoms with van der Waals surface area (Å²) in [6.07, 6.45) is 5.95. The van der Waals surface area contributed by atoms with Crippen molar-refractivity contribution in [3.05, 3.63) is 63.5 Å². The molecule has 302 valence electrons. The van der Waals surface area contributed by atoms with Crippen LogP contribution in [0.1, 0.15) is 84.8 Å². The third-order valence-corrected chi connectivity index (χ3v) is 13.6. The summed E-state index contributed by atoms with van der Waals surface area (Å²) < 4.78 is 21.0. The fourth-order valence-corrected chi connectivity index (χ4v) is 9.95. The van der Waals surface area contributed by atoms with E-state index in [2.05, 4.69) is 25.1 Å². The molecule has 0 radical (unpaired) electrons. The van der Waals surface area contributed by atoms with Crippen molar-refractivity contribution in [3.8, 4) is 5.75 Å². The molecule has 0 aliphatic carbocycles. The van der Waals surface area contributed by atoms with Crippen LogP contribution in [0.3, 0.4) is 0 Å². The van der Waals surface area contributed by atoms with E-state index in [4.69, 9.17) is 4.74 Å². The van der Waals surface area contributed by atoms with Gasteiger partial charge in [0, 0.05) is 69.1 Å². The van der Waals surface area contributed by atoms with Gasteiger partial charge in [0.15, 0.2) is 0 Å². The van der Waals surface area contributed by atoms with E-state index in [1.54, 1.807) is 36.9 Å². The van der Waals surface area contributed by atoms with Crippen molar-refractivity contribution < 1.29 is 33.1 Å². The third kappa shape index (κ3) is 8.43. The summed E-state index contributed by atoms with van der Waals surface area (Å²) in [6.45, 7) is 8.06. The molecule has 5 amide bonds. The summed E-state index contributed by atoms with van der Waals surface area (Å²) in [5, 5.41) is 2.59. The van der Waals surface area contributed by atoms with Gasteiger partial charge in [-0.15, -0.1) is 0 Å². The van der Waals surface area contributed by atoms with Crippen molar-refractivity contribution in [2.45, 2.75) is 75.3 Å². The lowest BCUT2D eigenvalue weighted by atomic mass is 9.94. The average molecular weight is 802 g/mol. The third-order valence-electron chi connectivity index (χ3n) is 12.2. The largest absolute Gasteiger partial charge is 0.493 e. The summed E-state index contributed by atoms with van der Waals surface area (Å²) in [5.74, 6) is -0.368. The molecule has 8 rings (SSSR count). The molecule has 3 aromatic rings. The normalized spacial score (nSPS) is 21.7. The summed E-state index contributed by atoms with van der Waals surface area (Å²) >= 11 is 1.77. The molecule has 2 aromatic carbocycles. The number of fused-ring (bicyclic) bond motifs is 2. The molecule has 2 N–H and O–H groups in total. The zero-order valence-electron chi connectivity index (χ0n) is 32.1. The molecular weight excluding hydrogens is 754 g/mol. The zero-order chi connectivity index (χ0) is 39.8. The quantitative estimate of drug-likeness (QED) is 0.287. The van der Waals surface area contributed by atoms with Crippen LogP contribution in [0.5, 0.6) is 5.75 Å². The van der Waals surface area contributed by atoms with Crippen LogP contribution >= 0.6 is 11.8 Å². The Balaban J connectivity index is 0.785. The van der Waals surface area contributed by atoms with E-state index in [9.17, 15) is 28.8 Å². The van der Waals surface area contributed by atoms with Gasteiger partial charge in [-0.2, -0.15) is 11.8 Å². The van der Waals surface area contributed by atoms with E-state index < -0.39 is 41.0 Å². The number of hydrogen-bond donors (Lipinski definition) is 2. The summed E-state index contributed by atoms with van der Waals surface area (Å²) in [7, 11) is 0. The summed E-state index contributed by atoms with van der Waals surface area (Å²) in [4.78, 5) is 90.0. The zero-order valence-corrected chi connectivity index (χ0v) is 32.9. The maximum atomic E-state index is 15.0. The van der Waals surface area contributed by atoms with Crippen molar-refractivity contribution in [1.82, 2.24) is 30.0 Å². The van der Waals surface area contributed by atoms with Gasteiger partial charge in [-0.1, -0.05) is 0 Å². The Kier molecular flexibility index (Phi) is 11.3. The molecule has 1 unspecified atom stereocenters. The Labute approximate surface area is 333 Å². The van der Waals surface area contributed by atoms with E-state index in [0.717, 1.165) is 81.8 Å². The molecule has 16 heteroatoms. The number of halogens is 1. The number of amides is 5.